The van der Waals surface area contributed by atoms with E-state index in [4.69, 9.17) is 9.72 Å². The van der Waals surface area contributed by atoms with Crippen LogP contribution in [-0.4, -0.2) is 32.6 Å². The fourth-order valence-corrected chi connectivity index (χ4v) is 3.52. The summed E-state index contributed by atoms with van der Waals surface area (Å²) in [5.41, 5.74) is 4.86. The van der Waals surface area contributed by atoms with Crippen LogP contribution in [0, 0.1) is 6.92 Å². The number of aromatic amines is 1. The summed E-state index contributed by atoms with van der Waals surface area (Å²) in [4.78, 5) is 29.2. The van der Waals surface area contributed by atoms with Crippen LogP contribution >= 0.6 is 0 Å². The number of ether oxygens (including phenoxy) is 1. The standard InChI is InChI=1S/C22H22N6O2/c1-3-30-22(29)26-17-10-15(9-16-19(17)27-20(25-16)13-7-8-13)24-21-23-11-14-6-4-5-12(2)18(14)28-21/h4-6,9-11,13H,3,7-8H2,1-2H3,(H,25,27)(H,26,29)(H,23,24,28). The van der Waals surface area contributed by atoms with Crippen LogP contribution in [0.5, 0.6) is 0 Å². The third kappa shape index (κ3) is 3.52. The van der Waals surface area contributed by atoms with Crippen molar-refractivity contribution in [2.45, 2.75) is 32.6 Å². The molecule has 2 aromatic carbocycles. The van der Waals surface area contributed by atoms with Gasteiger partial charge in [0.15, 0.2) is 0 Å². The molecule has 1 aliphatic rings. The molecule has 1 amide bonds. The Morgan fingerprint density at radius 1 is 1.23 bits per heavy atom. The summed E-state index contributed by atoms with van der Waals surface area (Å²) in [7, 11) is 0. The highest BCUT2D eigenvalue weighted by Gasteiger charge is 2.27. The van der Waals surface area contributed by atoms with E-state index in [2.05, 4.69) is 25.6 Å². The summed E-state index contributed by atoms with van der Waals surface area (Å²) < 4.78 is 5.05. The average Bonchev–Trinajstić information content (AvgIpc) is 3.48. The summed E-state index contributed by atoms with van der Waals surface area (Å²) in [6, 6.07) is 9.78. The first-order chi connectivity index (χ1) is 14.6. The number of imidazole rings is 1. The molecule has 1 fully saturated rings. The Hall–Kier alpha value is -3.68. The van der Waals surface area contributed by atoms with Crippen LogP contribution in [0.4, 0.5) is 22.1 Å². The molecule has 0 radical (unpaired) electrons. The molecule has 8 nitrogen and oxygen atoms in total. The van der Waals surface area contributed by atoms with Crippen molar-refractivity contribution in [2.24, 2.45) is 0 Å². The van der Waals surface area contributed by atoms with Crippen molar-refractivity contribution in [3.8, 4) is 0 Å². The van der Waals surface area contributed by atoms with Gasteiger partial charge in [-0.25, -0.2) is 19.7 Å². The number of hydrogen-bond donors (Lipinski definition) is 3. The van der Waals surface area contributed by atoms with Crippen LogP contribution in [0.15, 0.2) is 36.5 Å². The SMILES string of the molecule is CCOC(=O)Nc1cc(Nc2ncc3cccc(C)c3n2)cc2[nH]c(C3CC3)nc12. The van der Waals surface area contributed by atoms with E-state index >= 15 is 0 Å². The number of carbonyl (C=O) groups is 1. The molecule has 0 unspecified atom stereocenters. The molecule has 152 valence electrons. The number of aromatic nitrogens is 4. The summed E-state index contributed by atoms with van der Waals surface area (Å²) in [6.45, 7) is 4.09. The van der Waals surface area contributed by atoms with Crippen molar-refractivity contribution >= 4 is 45.4 Å². The van der Waals surface area contributed by atoms with E-state index in [1.54, 1.807) is 13.1 Å². The predicted molar refractivity (Wildman–Crippen MR) is 116 cm³/mol. The zero-order valence-corrected chi connectivity index (χ0v) is 16.8. The van der Waals surface area contributed by atoms with E-state index in [0.29, 0.717) is 29.7 Å². The lowest BCUT2D eigenvalue weighted by atomic mass is 10.1. The van der Waals surface area contributed by atoms with Crippen molar-refractivity contribution in [3.63, 3.8) is 0 Å². The van der Waals surface area contributed by atoms with E-state index in [1.807, 2.05) is 37.3 Å². The number of carbonyl (C=O) groups excluding carboxylic acids is 1. The Labute approximate surface area is 173 Å². The van der Waals surface area contributed by atoms with Gasteiger partial charge in [-0.2, -0.15) is 0 Å². The summed E-state index contributed by atoms with van der Waals surface area (Å²) in [5.74, 6) is 1.91. The first-order valence-electron chi connectivity index (χ1n) is 10.1. The van der Waals surface area contributed by atoms with Gasteiger partial charge in [-0.1, -0.05) is 18.2 Å². The molecule has 8 heteroatoms. The Bertz CT molecular complexity index is 1260. The van der Waals surface area contributed by atoms with Gasteiger partial charge >= 0.3 is 6.09 Å². The second kappa shape index (κ2) is 7.29. The van der Waals surface area contributed by atoms with Crippen molar-refractivity contribution in [2.75, 3.05) is 17.2 Å². The van der Waals surface area contributed by atoms with Gasteiger partial charge < -0.3 is 15.0 Å². The maximum Gasteiger partial charge on any atom is 0.411 e. The van der Waals surface area contributed by atoms with E-state index in [-0.39, 0.29) is 0 Å². The Morgan fingerprint density at radius 2 is 2.10 bits per heavy atom. The lowest BCUT2D eigenvalue weighted by Gasteiger charge is -2.10. The molecule has 0 bridgehead atoms. The normalized spacial score (nSPS) is 13.5. The molecule has 0 spiro atoms. The topological polar surface area (TPSA) is 105 Å². The third-order valence-corrected chi connectivity index (χ3v) is 5.15. The summed E-state index contributed by atoms with van der Waals surface area (Å²) in [5, 5.41) is 7.04. The molecule has 30 heavy (non-hydrogen) atoms. The van der Waals surface area contributed by atoms with E-state index in [0.717, 1.165) is 46.3 Å². The second-order valence-electron chi connectivity index (χ2n) is 7.49. The van der Waals surface area contributed by atoms with Crippen LogP contribution < -0.4 is 10.6 Å². The van der Waals surface area contributed by atoms with Gasteiger partial charge in [0.25, 0.3) is 0 Å². The third-order valence-electron chi connectivity index (χ3n) is 5.15. The number of aryl methyl sites for hydroxylation is 1. The van der Waals surface area contributed by atoms with Crippen LogP contribution in [0.25, 0.3) is 21.9 Å². The molecule has 1 aliphatic carbocycles. The number of hydrogen-bond acceptors (Lipinski definition) is 6. The number of anilines is 3. The summed E-state index contributed by atoms with van der Waals surface area (Å²) in [6.07, 6.45) is 3.56. The molecule has 3 N–H and O–H groups in total. The van der Waals surface area contributed by atoms with Gasteiger partial charge in [0, 0.05) is 23.2 Å². The second-order valence-corrected chi connectivity index (χ2v) is 7.49. The number of benzene rings is 2. The number of nitrogens with one attached hydrogen (secondary N) is 3. The molecule has 2 aromatic heterocycles. The average molecular weight is 402 g/mol. The maximum absolute atomic E-state index is 12.0. The predicted octanol–water partition coefficient (Wildman–Crippen LogP) is 5.00. The van der Waals surface area contributed by atoms with E-state index < -0.39 is 6.09 Å². The summed E-state index contributed by atoms with van der Waals surface area (Å²) >= 11 is 0. The molecule has 0 saturated heterocycles. The van der Waals surface area contributed by atoms with Gasteiger partial charge in [0.1, 0.15) is 11.3 Å². The van der Waals surface area contributed by atoms with Crippen LogP contribution in [0.3, 0.4) is 0 Å². The lowest BCUT2D eigenvalue weighted by molar-refractivity contribution is 0.168. The smallest absolute Gasteiger partial charge is 0.411 e. The molecule has 2 heterocycles. The zero-order valence-electron chi connectivity index (χ0n) is 16.8. The van der Waals surface area contributed by atoms with Crippen molar-refractivity contribution in [1.29, 1.82) is 0 Å². The Morgan fingerprint density at radius 3 is 2.90 bits per heavy atom. The Balaban J connectivity index is 1.53. The molecule has 0 aliphatic heterocycles. The fourth-order valence-electron chi connectivity index (χ4n) is 3.52. The van der Waals surface area contributed by atoms with Gasteiger partial charge in [0.2, 0.25) is 5.95 Å². The van der Waals surface area contributed by atoms with Gasteiger partial charge in [0.05, 0.1) is 23.3 Å². The molecule has 0 atom stereocenters. The lowest BCUT2D eigenvalue weighted by Crippen LogP contribution is -2.13. The number of fused-ring (bicyclic) bond motifs is 2. The minimum Gasteiger partial charge on any atom is -0.450 e. The van der Waals surface area contributed by atoms with Crippen molar-refractivity contribution in [1.82, 2.24) is 19.9 Å². The Kier molecular flexibility index (Phi) is 4.46. The molecule has 1 saturated carbocycles. The van der Waals surface area contributed by atoms with Crippen LogP contribution in [0.2, 0.25) is 0 Å². The fraction of sp³-hybridized carbons (Fsp3) is 0.273. The van der Waals surface area contributed by atoms with Gasteiger partial charge in [-0.3, -0.25) is 5.32 Å². The first-order valence-corrected chi connectivity index (χ1v) is 10.1. The minimum atomic E-state index is -0.510. The minimum absolute atomic E-state index is 0.297. The van der Waals surface area contributed by atoms with Crippen LogP contribution in [0.1, 0.15) is 37.1 Å². The number of rotatable bonds is 5. The molecule has 4 aromatic rings. The maximum atomic E-state index is 12.0. The van der Waals surface area contributed by atoms with Crippen molar-refractivity contribution < 1.29 is 9.53 Å². The highest BCUT2D eigenvalue weighted by Crippen LogP contribution is 2.40. The first kappa shape index (κ1) is 18.4. The monoisotopic (exact) mass is 402 g/mol. The highest BCUT2D eigenvalue weighted by atomic mass is 16.5. The molecular weight excluding hydrogens is 380 g/mol. The number of para-hydroxylation sites is 1. The van der Waals surface area contributed by atoms with Crippen molar-refractivity contribution in [3.05, 3.63) is 47.9 Å². The van der Waals surface area contributed by atoms with E-state index in [1.165, 1.54) is 0 Å². The van der Waals surface area contributed by atoms with Crippen LogP contribution in [-0.2, 0) is 4.74 Å². The van der Waals surface area contributed by atoms with E-state index in [9.17, 15) is 4.79 Å². The highest BCUT2D eigenvalue weighted by molar-refractivity contribution is 5.99. The van der Waals surface area contributed by atoms with Gasteiger partial charge in [-0.05, 0) is 44.4 Å². The molecular formula is C22H22N6O2. The quantitative estimate of drug-likeness (QED) is 0.434. The zero-order chi connectivity index (χ0) is 20.7. The number of H-pyrrole nitrogens is 1. The van der Waals surface area contributed by atoms with Gasteiger partial charge in [-0.15, -0.1) is 0 Å². The number of amides is 1. The number of nitrogens with zero attached hydrogens (tertiary/aromatic N) is 3. The molecule has 5 rings (SSSR count). The largest absolute Gasteiger partial charge is 0.450 e.